The third kappa shape index (κ3) is 7.08. The van der Waals surface area contributed by atoms with Crippen molar-refractivity contribution >= 4 is 44.6 Å². The molecule has 0 spiro atoms. The van der Waals surface area contributed by atoms with E-state index in [1.807, 2.05) is 72.9 Å². The minimum Gasteiger partial charge on any atom is -0.509 e. The van der Waals surface area contributed by atoms with E-state index in [2.05, 4.69) is 139 Å². The van der Waals surface area contributed by atoms with Crippen LogP contribution in [0, 0.1) is 24.6 Å². The van der Waals surface area contributed by atoms with Crippen molar-refractivity contribution in [2.45, 2.75) is 26.2 Å². The van der Waals surface area contributed by atoms with Crippen LogP contribution in [0.15, 0.2) is 170 Å². The van der Waals surface area contributed by atoms with Crippen molar-refractivity contribution in [3.63, 3.8) is 0 Å². The number of aromatic nitrogens is 2. The number of ether oxygens (including phenoxy) is 1. The number of pyridine rings is 1. The maximum atomic E-state index is 14.0. The number of halogens is 1. The summed E-state index contributed by atoms with van der Waals surface area (Å²) >= 11 is 0. The molecule has 0 aliphatic carbocycles. The minimum absolute atomic E-state index is 0. The number of rotatable bonds is 7. The van der Waals surface area contributed by atoms with Crippen LogP contribution in [0.25, 0.3) is 49.9 Å². The molecule has 0 fully saturated rings. The maximum Gasteiger partial charge on any atom is 0.135 e. The van der Waals surface area contributed by atoms with Gasteiger partial charge < -0.3 is 19.1 Å². The molecule has 0 radical (unpaired) electrons. The van der Waals surface area contributed by atoms with Gasteiger partial charge in [-0.2, -0.15) is 6.07 Å². The van der Waals surface area contributed by atoms with Gasteiger partial charge in [-0.25, -0.2) is 9.37 Å². The molecule has 0 unspecified atom stereocenters. The molecule has 7 aromatic carbocycles. The van der Waals surface area contributed by atoms with E-state index >= 15 is 0 Å². The number of fused-ring (bicyclic) bond motifs is 4. The summed E-state index contributed by atoms with van der Waals surface area (Å²) in [4.78, 5) is 9.18. The van der Waals surface area contributed by atoms with E-state index in [1.165, 1.54) is 17.7 Å². The Kier molecular flexibility index (Phi) is 9.90. The summed E-state index contributed by atoms with van der Waals surface area (Å²) in [6.07, 6.45) is 1.89. The van der Waals surface area contributed by atoms with Crippen molar-refractivity contribution in [3.05, 3.63) is 200 Å². The Balaban J connectivity index is 0.00000449. The second kappa shape index (κ2) is 15.4. The van der Waals surface area contributed by atoms with Crippen molar-refractivity contribution in [1.29, 1.82) is 0 Å². The van der Waals surface area contributed by atoms with Gasteiger partial charge in [-0.1, -0.05) is 117 Å². The molecule has 0 N–H and O–H groups in total. The Labute approximate surface area is 358 Å². The van der Waals surface area contributed by atoms with Gasteiger partial charge in [0, 0.05) is 66.9 Å². The van der Waals surface area contributed by atoms with Gasteiger partial charge in [0.2, 0.25) is 0 Å². The fraction of sp³-hybridized carbons (Fsp3) is 0.0769. The average molecular weight is 949 g/mol. The van der Waals surface area contributed by atoms with E-state index < -0.39 is 0 Å². The molecule has 1 aliphatic heterocycles. The molecular weight excluding hydrogens is 911 g/mol. The quantitative estimate of drug-likeness (QED) is 0.149. The van der Waals surface area contributed by atoms with Crippen molar-refractivity contribution in [3.8, 4) is 39.6 Å². The van der Waals surface area contributed by atoms with Gasteiger partial charge in [0.25, 0.3) is 0 Å². The van der Waals surface area contributed by atoms with E-state index in [-0.39, 0.29) is 32.3 Å². The zero-order valence-electron chi connectivity index (χ0n) is 32.6. The monoisotopic (exact) mass is 948 g/mol. The zero-order chi connectivity index (χ0) is 39.4. The van der Waals surface area contributed by atoms with E-state index in [4.69, 9.17) is 9.72 Å². The summed E-state index contributed by atoms with van der Waals surface area (Å²) in [7, 11) is 0. The topological polar surface area (TPSA) is 33.5 Å². The molecule has 1 aliphatic rings. The summed E-state index contributed by atoms with van der Waals surface area (Å²) in [6.45, 7) is 8.74. The van der Waals surface area contributed by atoms with Gasteiger partial charge in [-0.05, 0) is 76.0 Å². The molecule has 0 bridgehead atoms. The first-order valence-corrected chi connectivity index (χ1v) is 19.4. The van der Waals surface area contributed by atoms with Gasteiger partial charge in [0.05, 0.1) is 0 Å². The van der Waals surface area contributed by atoms with Crippen LogP contribution in [0.4, 0.5) is 27.1 Å². The molecule has 9 aromatic rings. The molecule has 0 saturated carbocycles. The fourth-order valence-corrected chi connectivity index (χ4v) is 7.86. The molecule has 10 rings (SSSR count). The summed E-state index contributed by atoms with van der Waals surface area (Å²) in [5, 5.41) is 2.19. The normalized spacial score (nSPS) is 12.5. The third-order valence-electron chi connectivity index (χ3n) is 10.8. The van der Waals surface area contributed by atoms with Crippen LogP contribution in [-0.4, -0.2) is 9.55 Å². The number of hydrogen-bond donors (Lipinski definition) is 0. The number of nitrogens with zero attached hydrogens (tertiary/aromatic N) is 4. The Morgan fingerprint density at radius 1 is 0.593 bits per heavy atom. The number of anilines is 4. The predicted molar refractivity (Wildman–Crippen MR) is 234 cm³/mol. The number of para-hydroxylation sites is 4. The number of hydrogen-bond acceptors (Lipinski definition) is 4. The van der Waals surface area contributed by atoms with E-state index in [0.717, 1.165) is 72.6 Å². The molecule has 5 nitrogen and oxygen atoms in total. The standard InChI is InChI=1S/C52H38FN4O.Pt/c1-52(2,3)38-27-28-54-51(31-38)57-47-18-10-8-16-44(47)45-26-25-41(33-50(45)57)58-42-30-37(35-13-5-4-6-14-35)29-40(32-42)55-34-56(49-20-12-11-19-48(49)55)46-17-9-7-15-43(46)36-21-23-39(53)24-22-36;/h4-31,34H,1-3H3;/q-3;. The molecule has 0 atom stereocenters. The number of benzene rings is 7. The van der Waals surface area contributed by atoms with Crippen molar-refractivity contribution in [1.82, 2.24) is 9.55 Å². The molecule has 59 heavy (non-hydrogen) atoms. The summed E-state index contributed by atoms with van der Waals surface area (Å²) in [6, 6.07) is 61.6. The van der Waals surface area contributed by atoms with E-state index in [9.17, 15) is 4.39 Å². The van der Waals surface area contributed by atoms with Gasteiger partial charge in [-0.3, -0.25) is 0 Å². The summed E-state index contributed by atoms with van der Waals surface area (Å²) in [5.41, 5.74) is 10.8. The first kappa shape index (κ1) is 38.0. The first-order valence-electron chi connectivity index (χ1n) is 19.4. The van der Waals surface area contributed by atoms with Crippen molar-refractivity contribution in [2.75, 3.05) is 9.80 Å². The van der Waals surface area contributed by atoms with Crippen LogP contribution >= 0.6 is 0 Å². The first-order chi connectivity index (χ1) is 28.3. The molecule has 0 saturated heterocycles. The van der Waals surface area contributed by atoms with Gasteiger partial charge in [0.1, 0.15) is 11.6 Å². The summed E-state index contributed by atoms with van der Waals surface area (Å²) in [5.74, 6) is 1.69. The molecule has 292 valence electrons. The van der Waals surface area contributed by atoms with Gasteiger partial charge in [0.15, 0.2) is 0 Å². The van der Waals surface area contributed by atoms with E-state index in [1.54, 1.807) is 0 Å². The second-order valence-electron chi connectivity index (χ2n) is 15.5. The SMILES string of the molecule is CC(C)(C)c1ccnc(-n2c3[c-]c(Oc4[c-]c(N5[CH-]N(c6ccccc6-c6ccc(F)cc6)c6ccccc65)cc(-c5ccccc5)c4)ccc3c3ccccc32)c1.[Pt]. The van der Waals surface area contributed by atoms with Crippen LogP contribution in [0.3, 0.4) is 0 Å². The minimum atomic E-state index is -0.264. The van der Waals surface area contributed by atoms with Gasteiger partial charge in [-0.15, -0.1) is 53.6 Å². The second-order valence-corrected chi connectivity index (χ2v) is 15.5. The smallest absolute Gasteiger partial charge is 0.135 e. The average Bonchev–Trinajstić information content (AvgIpc) is 3.80. The van der Waals surface area contributed by atoms with Crippen LogP contribution in [0.1, 0.15) is 26.3 Å². The van der Waals surface area contributed by atoms with Crippen LogP contribution < -0.4 is 14.5 Å². The molecule has 2 aromatic heterocycles. The van der Waals surface area contributed by atoms with Crippen LogP contribution in [0.5, 0.6) is 11.5 Å². The summed E-state index contributed by atoms with van der Waals surface area (Å²) < 4.78 is 22.9. The Bertz CT molecular complexity index is 2970. The Morgan fingerprint density at radius 2 is 1.29 bits per heavy atom. The van der Waals surface area contributed by atoms with Crippen LogP contribution in [0.2, 0.25) is 0 Å². The molecule has 3 heterocycles. The predicted octanol–water partition coefficient (Wildman–Crippen LogP) is 13.7. The van der Waals surface area contributed by atoms with Crippen molar-refractivity contribution < 1.29 is 30.2 Å². The van der Waals surface area contributed by atoms with Crippen molar-refractivity contribution in [2.24, 2.45) is 0 Å². The van der Waals surface area contributed by atoms with Gasteiger partial charge >= 0.3 is 0 Å². The van der Waals surface area contributed by atoms with E-state index in [0.29, 0.717) is 11.5 Å². The molecule has 0 amide bonds. The Hall–Kier alpha value is -6.49. The maximum absolute atomic E-state index is 14.0. The zero-order valence-corrected chi connectivity index (χ0v) is 34.9. The molecule has 7 heteroatoms. The largest absolute Gasteiger partial charge is 0.509 e. The third-order valence-corrected chi connectivity index (χ3v) is 10.8. The molecular formula is C52H38FN4OPt-3. The van der Waals surface area contributed by atoms with Crippen LogP contribution in [-0.2, 0) is 26.5 Å². The fourth-order valence-electron chi connectivity index (χ4n) is 7.86. The Morgan fingerprint density at radius 3 is 2.07 bits per heavy atom.